The number of aromatic nitrogens is 6. The highest BCUT2D eigenvalue weighted by Crippen LogP contribution is 2.15. The topological polar surface area (TPSA) is 72.6 Å². The van der Waals surface area contributed by atoms with Gasteiger partial charge in [-0.3, -0.25) is 0 Å². The van der Waals surface area contributed by atoms with Gasteiger partial charge in [-0.2, -0.15) is 0 Å². The van der Waals surface area contributed by atoms with Crippen molar-refractivity contribution in [3.63, 3.8) is 0 Å². The lowest BCUT2D eigenvalue weighted by Gasteiger charge is -2.19. The predicted octanol–water partition coefficient (Wildman–Crippen LogP) is 1.12. The Hall–Kier alpha value is -2.83. The first kappa shape index (κ1) is 13.8. The minimum absolute atomic E-state index is 0.725. The van der Waals surface area contributed by atoms with Crippen molar-refractivity contribution >= 4 is 5.95 Å². The van der Waals surface area contributed by atoms with Crippen LogP contribution in [-0.2, 0) is 19.4 Å². The zero-order valence-electron chi connectivity index (χ0n) is 12.7. The molecule has 0 fully saturated rings. The molecule has 1 aliphatic heterocycles. The fourth-order valence-electron chi connectivity index (χ4n) is 2.89. The quantitative estimate of drug-likeness (QED) is 0.722. The molecule has 0 radical (unpaired) electrons. The maximum Gasteiger partial charge on any atom is 0.228 e. The molecule has 0 atom stereocenters. The van der Waals surface area contributed by atoms with Gasteiger partial charge in [0.2, 0.25) is 5.95 Å². The molecule has 3 heterocycles. The Bertz CT molecular complexity index is 770. The second-order valence-electron chi connectivity index (χ2n) is 5.52. The third kappa shape index (κ3) is 2.90. The van der Waals surface area contributed by atoms with Crippen LogP contribution in [0.4, 0.5) is 5.95 Å². The van der Waals surface area contributed by atoms with Crippen molar-refractivity contribution < 1.29 is 0 Å². The maximum absolute atomic E-state index is 4.39. The van der Waals surface area contributed by atoms with E-state index >= 15 is 0 Å². The molecule has 0 bridgehead atoms. The molecule has 0 N–H and O–H groups in total. The number of hydrogen-bond donors (Lipinski definition) is 0. The molecule has 4 rings (SSSR count). The summed E-state index contributed by atoms with van der Waals surface area (Å²) in [5.74, 6) is 2.78. The van der Waals surface area contributed by atoms with E-state index in [1.807, 2.05) is 6.07 Å². The van der Waals surface area contributed by atoms with Crippen LogP contribution < -0.4 is 4.90 Å². The molecule has 0 amide bonds. The molecular formula is C16H17N7. The van der Waals surface area contributed by atoms with Gasteiger partial charge in [-0.15, -0.1) is 10.2 Å². The monoisotopic (exact) mass is 307 g/mol. The van der Waals surface area contributed by atoms with E-state index in [-0.39, 0.29) is 0 Å². The average Bonchev–Trinajstić information content (AvgIpc) is 2.86. The molecule has 0 aliphatic carbocycles. The first-order valence-electron chi connectivity index (χ1n) is 7.72. The molecule has 3 aromatic rings. The van der Waals surface area contributed by atoms with Crippen LogP contribution in [-0.4, -0.2) is 42.8 Å². The Morgan fingerprint density at radius 2 is 1.74 bits per heavy atom. The fourth-order valence-corrected chi connectivity index (χ4v) is 2.89. The van der Waals surface area contributed by atoms with E-state index in [2.05, 4.69) is 58.9 Å². The van der Waals surface area contributed by atoms with Gasteiger partial charge in [0.25, 0.3) is 0 Å². The summed E-state index contributed by atoms with van der Waals surface area (Å²) in [6.45, 7) is 2.53. The van der Waals surface area contributed by atoms with Gasteiger partial charge in [-0.1, -0.05) is 30.3 Å². The second kappa shape index (κ2) is 6.12. The number of benzene rings is 1. The van der Waals surface area contributed by atoms with Crippen LogP contribution in [0.2, 0.25) is 0 Å². The zero-order chi connectivity index (χ0) is 15.5. The average molecular weight is 307 g/mol. The number of nitrogens with zero attached hydrogens (tertiary/aromatic N) is 7. The van der Waals surface area contributed by atoms with Crippen LogP contribution in [0.3, 0.4) is 0 Å². The SMILES string of the molecule is c1ccc(Cc2nnc3n2CCN(c2ncncn2)CC3)cc1. The molecule has 116 valence electrons. The highest BCUT2D eigenvalue weighted by atomic mass is 15.3. The number of fused-ring (bicyclic) bond motifs is 1. The van der Waals surface area contributed by atoms with Crippen LogP contribution in [0.1, 0.15) is 17.2 Å². The molecule has 0 unspecified atom stereocenters. The lowest BCUT2D eigenvalue weighted by molar-refractivity contribution is 0.650. The Balaban J connectivity index is 1.53. The summed E-state index contributed by atoms with van der Waals surface area (Å²) in [5, 5.41) is 8.76. The fraction of sp³-hybridized carbons (Fsp3) is 0.312. The highest BCUT2D eigenvalue weighted by Gasteiger charge is 2.20. The van der Waals surface area contributed by atoms with Crippen LogP contribution in [0.15, 0.2) is 43.0 Å². The van der Waals surface area contributed by atoms with Crippen molar-refractivity contribution in [1.29, 1.82) is 0 Å². The molecule has 2 aromatic heterocycles. The highest BCUT2D eigenvalue weighted by molar-refractivity contribution is 5.28. The molecule has 7 heteroatoms. The van der Waals surface area contributed by atoms with E-state index in [0.717, 1.165) is 50.1 Å². The van der Waals surface area contributed by atoms with Gasteiger partial charge in [0, 0.05) is 32.5 Å². The third-order valence-electron chi connectivity index (χ3n) is 4.07. The zero-order valence-corrected chi connectivity index (χ0v) is 12.7. The second-order valence-corrected chi connectivity index (χ2v) is 5.52. The lowest BCUT2D eigenvalue weighted by atomic mass is 10.1. The van der Waals surface area contributed by atoms with Crippen LogP contribution in [0.25, 0.3) is 0 Å². The van der Waals surface area contributed by atoms with Gasteiger partial charge < -0.3 is 9.47 Å². The van der Waals surface area contributed by atoms with Crippen molar-refractivity contribution in [1.82, 2.24) is 29.7 Å². The van der Waals surface area contributed by atoms with Crippen molar-refractivity contribution in [2.45, 2.75) is 19.4 Å². The van der Waals surface area contributed by atoms with Gasteiger partial charge in [0.05, 0.1) is 0 Å². The summed E-state index contributed by atoms with van der Waals surface area (Å²) in [4.78, 5) is 14.5. The molecule has 0 saturated carbocycles. The van der Waals surface area contributed by atoms with Crippen LogP contribution >= 0.6 is 0 Å². The van der Waals surface area contributed by atoms with E-state index in [4.69, 9.17) is 0 Å². The Morgan fingerprint density at radius 1 is 0.913 bits per heavy atom. The maximum atomic E-state index is 4.39. The third-order valence-corrected chi connectivity index (χ3v) is 4.07. The smallest absolute Gasteiger partial charge is 0.228 e. The largest absolute Gasteiger partial charge is 0.338 e. The normalized spacial score (nSPS) is 14.3. The minimum atomic E-state index is 0.725. The van der Waals surface area contributed by atoms with E-state index in [9.17, 15) is 0 Å². The molecule has 23 heavy (non-hydrogen) atoms. The van der Waals surface area contributed by atoms with Gasteiger partial charge in [0.15, 0.2) is 0 Å². The first-order chi connectivity index (χ1) is 11.4. The lowest BCUT2D eigenvalue weighted by Crippen LogP contribution is -2.28. The van der Waals surface area contributed by atoms with Gasteiger partial charge >= 0.3 is 0 Å². The standard InChI is InChI=1S/C16H17N7/c1-2-4-13(5-3-1)10-15-21-20-14-6-7-22(8-9-23(14)15)16-18-11-17-12-19-16/h1-5,11-12H,6-10H2. The molecule has 0 spiro atoms. The molecule has 0 saturated heterocycles. The number of anilines is 1. The summed E-state index contributed by atoms with van der Waals surface area (Å²) in [6, 6.07) is 10.4. The summed E-state index contributed by atoms with van der Waals surface area (Å²) in [5.41, 5.74) is 1.25. The Labute approximate surface area is 134 Å². The molecular weight excluding hydrogens is 290 g/mol. The number of hydrogen-bond acceptors (Lipinski definition) is 6. The van der Waals surface area contributed by atoms with Gasteiger partial charge in [-0.25, -0.2) is 15.0 Å². The summed E-state index contributed by atoms with van der Waals surface area (Å²) in [7, 11) is 0. The van der Waals surface area contributed by atoms with Gasteiger partial charge in [-0.05, 0) is 5.56 Å². The van der Waals surface area contributed by atoms with Crippen molar-refractivity contribution in [3.8, 4) is 0 Å². The Morgan fingerprint density at radius 3 is 2.57 bits per heavy atom. The van der Waals surface area contributed by atoms with E-state index in [0.29, 0.717) is 0 Å². The van der Waals surface area contributed by atoms with Crippen LogP contribution in [0, 0.1) is 0 Å². The van der Waals surface area contributed by atoms with Crippen molar-refractivity contribution in [3.05, 3.63) is 60.2 Å². The van der Waals surface area contributed by atoms with E-state index < -0.39 is 0 Å². The van der Waals surface area contributed by atoms with Crippen molar-refractivity contribution in [2.75, 3.05) is 18.0 Å². The first-order valence-corrected chi connectivity index (χ1v) is 7.72. The molecule has 1 aliphatic rings. The van der Waals surface area contributed by atoms with Gasteiger partial charge in [0.1, 0.15) is 24.3 Å². The van der Waals surface area contributed by atoms with E-state index in [1.165, 1.54) is 18.2 Å². The molecule has 1 aromatic carbocycles. The summed E-state index contributed by atoms with van der Waals surface area (Å²) in [6.07, 6.45) is 4.72. The predicted molar refractivity (Wildman–Crippen MR) is 85.0 cm³/mol. The minimum Gasteiger partial charge on any atom is -0.338 e. The summed E-state index contributed by atoms with van der Waals surface area (Å²) < 4.78 is 2.23. The molecule has 7 nitrogen and oxygen atoms in total. The van der Waals surface area contributed by atoms with Crippen molar-refractivity contribution in [2.24, 2.45) is 0 Å². The Kier molecular flexibility index (Phi) is 3.67. The summed E-state index contributed by atoms with van der Waals surface area (Å²) >= 11 is 0. The van der Waals surface area contributed by atoms with Crippen LogP contribution in [0.5, 0.6) is 0 Å². The number of rotatable bonds is 3. The van der Waals surface area contributed by atoms with E-state index in [1.54, 1.807) is 0 Å².